The molecule has 2 aromatic rings. The molecule has 7 heteroatoms. The van der Waals surface area contributed by atoms with E-state index in [1.807, 2.05) is 0 Å². The summed E-state index contributed by atoms with van der Waals surface area (Å²) >= 11 is 0. The molecular weight excluding hydrogens is 334 g/mol. The number of halogens is 6. The van der Waals surface area contributed by atoms with Gasteiger partial charge in [-0.1, -0.05) is 12.1 Å². The molecule has 0 spiro atoms. The average molecular weight is 345 g/mol. The van der Waals surface area contributed by atoms with Crippen molar-refractivity contribution in [1.29, 1.82) is 0 Å². The highest BCUT2D eigenvalue weighted by Gasteiger charge is 2.35. The number of hydrogen-bond acceptors (Lipinski definition) is 1. The Morgan fingerprint density at radius 3 is 2.21 bits per heavy atom. The van der Waals surface area contributed by atoms with Crippen molar-refractivity contribution in [3.63, 3.8) is 0 Å². The van der Waals surface area contributed by atoms with Crippen molar-refractivity contribution >= 4 is 0 Å². The molecule has 0 amide bonds. The Morgan fingerprint density at radius 2 is 1.58 bits per heavy atom. The van der Waals surface area contributed by atoms with Gasteiger partial charge in [-0.15, -0.1) is 0 Å². The number of fused-ring (bicyclic) bond motifs is 1. The summed E-state index contributed by atoms with van der Waals surface area (Å²) in [5.74, 6) is 0.155. The van der Waals surface area contributed by atoms with Gasteiger partial charge in [-0.05, 0) is 42.3 Å². The summed E-state index contributed by atoms with van der Waals surface area (Å²) in [6.07, 6.45) is -9.60. The van der Waals surface area contributed by atoms with Gasteiger partial charge in [0, 0.05) is 12.0 Å². The van der Waals surface area contributed by atoms with E-state index in [0.717, 1.165) is 30.3 Å². The van der Waals surface area contributed by atoms with Crippen LogP contribution in [0.1, 0.15) is 16.7 Å². The molecule has 3 rings (SSSR count). The van der Waals surface area contributed by atoms with Gasteiger partial charge in [0.05, 0.1) is 11.1 Å². The number of alkyl halides is 6. The van der Waals surface area contributed by atoms with E-state index in [1.165, 1.54) is 6.07 Å². The van der Waals surface area contributed by atoms with E-state index >= 15 is 0 Å². The molecule has 1 atom stereocenters. The fourth-order valence-corrected chi connectivity index (χ4v) is 2.67. The van der Waals surface area contributed by atoms with Gasteiger partial charge in [-0.3, -0.25) is 0 Å². The molecule has 2 aromatic carbocycles. The van der Waals surface area contributed by atoms with E-state index in [9.17, 15) is 26.3 Å². The van der Waals surface area contributed by atoms with Crippen molar-refractivity contribution in [2.24, 2.45) is 0 Å². The van der Waals surface area contributed by atoms with Crippen LogP contribution in [0.25, 0.3) is 11.1 Å². The Balaban J connectivity index is 2.19. The quantitative estimate of drug-likeness (QED) is 0.618. The summed E-state index contributed by atoms with van der Waals surface area (Å²) in [5.41, 5.74) is -1.57. The molecular formula is C17H11F6O. The van der Waals surface area contributed by atoms with E-state index in [4.69, 9.17) is 4.74 Å². The van der Waals surface area contributed by atoms with E-state index < -0.39 is 29.6 Å². The topological polar surface area (TPSA) is 9.23 Å². The number of hydrogen-bond donors (Lipinski definition) is 0. The maximum atomic E-state index is 13.1. The second kappa shape index (κ2) is 5.43. The van der Waals surface area contributed by atoms with E-state index in [2.05, 4.69) is 6.92 Å². The zero-order chi connectivity index (χ0) is 17.7. The minimum absolute atomic E-state index is 0.0151. The zero-order valence-corrected chi connectivity index (χ0v) is 12.1. The zero-order valence-electron chi connectivity index (χ0n) is 12.1. The predicted octanol–water partition coefficient (Wildman–Crippen LogP) is 5.53. The van der Waals surface area contributed by atoms with Gasteiger partial charge in [0.1, 0.15) is 11.9 Å². The van der Waals surface area contributed by atoms with Crippen LogP contribution in [0.4, 0.5) is 26.3 Å². The van der Waals surface area contributed by atoms with Crippen molar-refractivity contribution in [3.8, 4) is 16.9 Å². The predicted molar refractivity (Wildman–Crippen MR) is 75.4 cm³/mol. The smallest absolute Gasteiger partial charge is 0.416 e. The monoisotopic (exact) mass is 345 g/mol. The van der Waals surface area contributed by atoms with Crippen LogP contribution in [0.15, 0.2) is 36.4 Å². The van der Waals surface area contributed by atoms with Crippen LogP contribution in [0.3, 0.4) is 0 Å². The number of benzene rings is 2. The number of ether oxygens (including phenoxy) is 1. The van der Waals surface area contributed by atoms with Gasteiger partial charge in [0.15, 0.2) is 0 Å². The summed E-state index contributed by atoms with van der Waals surface area (Å²) in [6.45, 7) is 3.65. The second-order valence-electron chi connectivity index (χ2n) is 5.53. The van der Waals surface area contributed by atoms with E-state index in [-0.39, 0.29) is 28.9 Å². The number of rotatable bonds is 1. The highest BCUT2D eigenvalue weighted by atomic mass is 19.4. The molecule has 24 heavy (non-hydrogen) atoms. The van der Waals surface area contributed by atoms with Gasteiger partial charge in [0.25, 0.3) is 0 Å². The van der Waals surface area contributed by atoms with Crippen LogP contribution >= 0.6 is 0 Å². The Labute approximate surface area is 133 Å². The molecule has 1 heterocycles. The third-order valence-corrected chi connectivity index (χ3v) is 3.73. The van der Waals surface area contributed by atoms with Crippen LogP contribution in [0, 0.1) is 6.92 Å². The minimum Gasteiger partial charge on any atom is -0.489 e. The van der Waals surface area contributed by atoms with Gasteiger partial charge in [-0.2, -0.15) is 26.3 Å². The van der Waals surface area contributed by atoms with Crippen molar-refractivity contribution < 1.29 is 31.1 Å². The molecule has 1 aliphatic rings. The van der Waals surface area contributed by atoms with Gasteiger partial charge >= 0.3 is 12.4 Å². The summed E-state index contributed by atoms with van der Waals surface area (Å²) in [7, 11) is 0. The van der Waals surface area contributed by atoms with E-state index in [0.29, 0.717) is 0 Å². The van der Waals surface area contributed by atoms with Gasteiger partial charge < -0.3 is 4.74 Å². The molecule has 1 aliphatic heterocycles. The highest BCUT2D eigenvalue weighted by molar-refractivity contribution is 5.75. The molecule has 1 unspecified atom stereocenters. The molecule has 1 radical (unpaired) electrons. The maximum absolute atomic E-state index is 13.1. The average Bonchev–Trinajstić information content (AvgIpc) is 2.84. The van der Waals surface area contributed by atoms with Crippen LogP contribution in [0.2, 0.25) is 0 Å². The standard InChI is InChI=1S/C17H11F6O/c1-9-5-11-7-13(17(21,22)23)8-14(15(11)24-9)10-3-2-4-12(6-10)16(18,19)20/h2-4,6-9H,1,5H2. The van der Waals surface area contributed by atoms with Crippen molar-refractivity contribution in [2.45, 2.75) is 24.9 Å². The first-order valence-electron chi connectivity index (χ1n) is 6.97. The fraction of sp³-hybridized carbons (Fsp3) is 0.235. The Bertz CT molecular complexity index is 776. The van der Waals surface area contributed by atoms with Crippen LogP contribution in [-0.4, -0.2) is 6.10 Å². The third kappa shape index (κ3) is 3.07. The Hall–Kier alpha value is -2.18. The summed E-state index contributed by atoms with van der Waals surface area (Å²) < 4.78 is 83.3. The molecule has 0 saturated carbocycles. The van der Waals surface area contributed by atoms with Gasteiger partial charge in [-0.25, -0.2) is 0 Å². The molecule has 0 saturated heterocycles. The fourth-order valence-electron chi connectivity index (χ4n) is 2.67. The third-order valence-electron chi connectivity index (χ3n) is 3.73. The molecule has 0 aromatic heterocycles. The van der Waals surface area contributed by atoms with Crippen molar-refractivity contribution in [1.82, 2.24) is 0 Å². The molecule has 0 fully saturated rings. The van der Waals surface area contributed by atoms with Crippen LogP contribution < -0.4 is 4.74 Å². The first kappa shape index (κ1) is 16.7. The van der Waals surface area contributed by atoms with Crippen LogP contribution in [0.5, 0.6) is 5.75 Å². The molecule has 127 valence electrons. The summed E-state index contributed by atoms with van der Waals surface area (Å²) in [5, 5.41) is 0. The Morgan fingerprint density at radius 1 is 0.917 bits per heavy atom. The van der Waals surface area contributed by atoms with Gasteiger partial charge in [0.2, 0.25) is 0 Å². The lowest BCUT2D eigenvalue weighted by atomic mass is 9.96. The lowest BCUT2D eigenvalue weighted by molar-refractivity contribution is -0.138. The Kier molecular flexibility index (Phi) is 3.77. The molecule has 0 bridgehead atoms. The minimum atomic E-state index is -4.61. The maximum Gasteiger partial charge on any atom is 0.416 e. The van der Waals surface area contributed by atoms with Crippen LogP contribution in [-0.2, 0) is 18.8 Å². The summed E-state index contributed by atoms with van der Waals surface area (Å²) in [4.78, 5) is 0. The lowest BCUT2D eigenvalue weighted by Gasteiger charge is -2.15. The normalized spacial score (nSPS) is 17.5. The largest absolute Gasteiger partial charge is 0.489 e. The molecule has 1 nitrogen and oxygen atoms in total. The molecule has 0 N–H and O–H groups in total. The SMILES string of the molecule is [CH2]C1Cc2cc(C(F)(F)F)cc(-c3cccc(C(F)(F)F)c3)c2O1. The summed E-state index contributed by atoms with van der Waals surface area (Å²) in [6, 6.07) is 5.92. The van der Waals surface area contributed by atoms with Crippen molar-refractivity contribution in [2.75, 3.05) is 0 Å². The first-order valence-corrected chi connectivity index (χ1v) is 6.97. The van der Waals surface area contributed by atoms with E-state index in [1.54, 1.807) is 0 Å². The molecule has 0 aliphatic carbocycles. The highest BCUT2D eigenvalue weighted by Crippen LogP contribution is 2.44. The first-order chi connectivity index (χ1) is 11.1. The van der Waals surface area contributed by atoms with Crippen molar-refractivity contribution in [3.05, 3.63) is 60.0 Å². The second-order valence-corrected chi connectivity index (χ2v) is 5.53. The lowest BCUT2D eigenvalue weighted by Crippen LogP contribution is -2.07.